The Balaban J connectivity index is 1.99. The van der Waals surface area contributed by atoms with Crippen LogP contribution in [0.15, 0.2) is 29.6 Å². The largest absolute Gasteiger partial charge is 0.368 e. The SMILES string of the molecule is CNC(=O)c1ccc(NCC(C)(C)c2cccs2)nn1. The van der Waals surface area contributed by atoms with Crippen LogP contribution in [0, 0.1) is 0 Å². The normalized spacial score (nSPS) is 11.2. The molecule has 0 saturated heterocycles. The van der Waals surface area contributed by atoms with Gasteiger partial charge in [0.25, 0.3) is 5.91 Å². The summed E-state index contributed by atoms with van der Waals surface area (Å²) in [5.74, 6) is 0.435. The van der Waals surface area contributed by atoms with Crippen molar-refractivity contribution in [2.45, 2.75) is 19.3 Å². The lowest BCUT2D eigenvalue weighted by atomic mass is 9.91. The third kappa shape index (κ3) is 3.33. The summed E-state index contributed by atoms with van der Waals surface area (Å²) in [7, 11) is 1.57. The van der Waals surface area contributed by atoms with Gasteiger partial charge in [0.1, 0.15) is 5.82 Å². The molecule has 0 saturated carbocycles. The molecule has 0 aliphatic rings. The zero-order valence-corrected chi connectivity index (χ0v) is 12.6. The molecule has 6 heteroatoms. The van der Waals surface area contributed by atoms with E-state index in [4.69, 9.17) is 0 Å². The first-order valence-corrected chi connectivity index (χ1v) is 7.24. The maximum atomic E-state index is 11.4. The molecule has 2 heterocycles. The lowest BCUT2D eigenvalue weighted by Crippen LogP contribution is -2.27. The summed E-state index contributed by atoms with van der Waals surface area (Å²) in [6.45, 7) is 5.11. The summed E-state index contributed by atoms with van der Waals surface area (Å²) in [5, 5.41) is 15.8. The highest BCUT2D eigenvalue weighted by Gasteiger charge is 2.21. The summed E-state index contributed by atoms with van der Waals surface area (Å²) in [6, 6.07) is 7.61. The zero-order valence-electron chi connectivity index (χ0n) is 11.8. The van der Waals surface area contributed by atoms with Crippen LogP contribution in [0.4, 0.5) is 5.82 Å². The molecule has 0 aromatic carbocycles. The molecule has 20 heavy (non-hydrogen) atoms. The number of thiophene rings is 1. The number of nitrogens with zero attached hydrogens (tertiary/aromatic N) is 2. The minimum Gasteiger partial charge on any atom is -0.368 e. The van der Waals surface area contributed by atoms with Crippen molar-refractivity contribution >= 4 is 23.1 Å². The number of hydrogen-bond acceptors (Lipinski definition) is 5. The molecule has 5 nitrogen and oxygen atoms in total. The number of hydrogen-bond donors (Lipinski definition) is 2. The van der Waals surface area contributed by atoms with Crippen LogP contribution in [0.3, 0.4) is 0 Å². The van der Waals surface area contributed by atoms with Crippen molar-refractivity contribution in [2.75, 3.05) is 18.9 Å². The first-order chi connectivity index (χ1) is 9.53. The lowest BCUT2D eigenvalue weighted by molar-refractivity contribution is 0.0957. The van der Waals surface area contributed by atoms with Crippen molar-refractivity contribution in [3.8, 4) is 0 Å². The van der Waals surface area contributed by atoms with Gasteiger partial charge in [0, 0.05) is 23.9 Å². The van der Waals surface area contributed by atoms with Gasteiger partial charge in [0.2, 0.25) is 0 Å². The van der Waals surface area contributed by atoms with E-state index < -0.39 is 0 Å². The van der Waals surface area contributed by atoms with Gasteiger partial charge in [-0.25, -0.2) is 0 Å². The quantitative estimate of drug-likeness (QED) is 0.886. The van der Waals surface area contributed by atoms with E-state index in [0.717, 1.165) is 6.54 Å². The summed E-state index contributed by atoms with van der Waals surface area (Å²) < 4.78 is 0. The van der Waals surface area contributed by atoms with Crippen LogP contribution in [0.5, 0.6) is 0 Å². The van der Waals surface area contributed by atoms with Gasteiger partial charge < -0.3 is 10.6 Å². The van der Waals surface area contributed by atoms with E-state index in [1.54, 1.807) is 30.5 Å². The molecule has 2 rings (SSSR count). The van der Waals surface area contributed by atoms with Crippen molar-refractivity contribution in [1.29, 1.82) is 0 Å². The highest BCUT2D eigenvalue weighted by Crippen LogP contribution is 2.27. The van der Waals surface area contributed by atoms with Crippen LogP contribution >= 0.6 is 11.3 Å². The number of rotatable bonds is 5. The Bertz CT molecular complexity index is 563. The van der Waals surface area contributed by atoms with E-state index >= 15 is 0 Å². The monoisotopic (exact) mass is 290 g/mol. The Morgan fingerprint density at radius 1 is 1.30 bits per heavy atom. The molecule has 2 N–H and O–H groups in total. The van der Waals surface area contributed by atoms with E-state index in [1.807, 2.05) is 0 Å². The van der Waals surface area contributed by atoms with Crippen LogP contribution in [-0.4, -0.2) is 29.7 Å². The van der Waals surface area contributed by atoms with Crippen LogP contribution in [0.2, 0.25) is 0 Å². The fourth-order valence-corrected chi connectivity index (χ4v) is 2.59. The van der Waals surface area contributed by atoms with Crippen molar-refractivity contribution < 1.29 is 4.79 Å². The molecule has 106 valence electrons. The minimum atomic E-state index is -0.233. The fourth-order valence-electron chi connectivity index (χ4n) is 1.74. The van der Waals surface area contributed by atoms with E-state index in [2.05, 4.69) is 52.2 Å². The minimum absolute atomic E-state index is 0.0231. The van der Waals surface area contributed by atoms with E-state index in [-0.39, 0.29) is 11.3 Å². The highest BCUT2D eigenvalue weighted by atomic mass is 32.1. The fraction of sp³-hybridized carbons (Fsp3) is 0.357. The lowest BCUT2D eigenvalue weighted by Gasteiger charge is -2.23. The van der Waals surface area contributed by atoms with Crippen LogP contribution in [0.25, 0.3) is 0 Å². The van der Waals surface area contributed by atoms with E-state index in [0.29, 0.717) is 11.5 Å². The number of aromatic nitrogens is 2. The number of carbonyl (C=O) groups is 1. The average Bonchev–Trinajstić information content (AvgIpc) is 3.00. The smallest absolute Gasteiger partial charge is 0.271 e. The van der Waals surface area contributed by atoms with Crippen molar-refractivity contribution in [2.24, 2.45) is 0 Å². The number of carbonyl (C=O) groups excluding carboxylic acids is 1. The van der Waals surface area contributed by atoms with E-state index in [1.165, 1.54) is 4.88 Å². The first kappa shape index (κ1) is 14.5. The van der Waals surface area contributed by atoms with Crippen LogP contribution in [0.1, 0.15) is 29.2 Å². The molecule has 0 radical (unpaired) electrons. The third-order valence-corrected chi connectivity index (χ3v) is 4.26. The summed E-state index contributed by atoms with van der Waals surface area (Å²) in [5.41, 5.74) is 0.338. The van der Waals surface area contributed by atoms with Gasteiger partial charge in [-0.05, 0) is 23.6 Å². The summed E-state index contributed by atoms with van der Waals surface area (Å²) >= 11 is 1.75. The van der Waals surface area contributed by atoms with E-state index in [9.17, 15) is 4.79 Å². The molecule has 0 spiro atoms. The maximum Gasteiger partial charge on any atom is 0.271 e. The molecule has 2 aromatic rings. The van der Waals surface area contributed by atoms with Gasteiger partial charge in [-0.3, -0.25) is 4.79 Å². The molecule has 0 aliphatic heterocycles. The summed E-state index contributed by atoms with van der Waals surface area (Å²) in [4.78, 5) is 12.7. The number of anilines is 1. The van der Waals surface area contributed by atoms with Crippen LogP contribution in [-0.2, 0) is 5.41 Å². The second-order valence-electron chi connectivity index (χ2n) is 5.10. The molecule has 1 amide bonds. The second-order valence-corrected chi connectivity index (χ2v) is 6.05. The predicted molar refractivity (Wildman–Crippen MR) is 81.3 cm³/mol. The standard InChI is InChI=1S/C14H18N4OS/c1-14(2,11-5-4-8-20-11)9-16-12-7-6-10(17-18-12)13(19)15-3/h4-8H,9H2,1-3H3,(H,15,19)(H,16,18). The molecule has 0 aliphatic carbocycles. The Morgan fingerprint density at radius 2 is 2.10 bits per heavy atom. The molecular formula is C14H18N4OS. The number of nitrogens with one attached hydrogen (secondary N) is 2. The molecule has 0 atom stereocenters. The average molecular weight is 290 g/mol. The molecule has 0 unspecified atom stereocenters. The van der Waals surface area contributed by atoms with Crippen molar-refractivity contribution in [1.82, 2.24) is 15.5 Å². The Hall–Kier alpha value is -1.95. The van der Waals surface area contributed by atoms with Gasteiger partial charge in [-0.2, -0.15) is 0 Å². The number of amides is 1. The first-order valence-electron chi connectivity index (χ1n) is 6.36. The van der Waals surface area contributed by atoms with Gasteiger partial charge >= 0.3 is 0 Å². The Morgan fingerprint density at radius 3 is 2.65 bits per heavy atom. The van der Waals surface area contributed by atoms with Crippen LogP contribution < -0.4 is 10.6 Å². The highest BCUT2D eigenvalue weighted by molar-refractivity contribution is 7.10. The maximum absolute atomic E-state index is 11.4. The topological polar surface area (TPSA) is 66.9 Å². The molecule has 0 fully saturated rings. The van der Waals surface area contributed by atoms with Crippen molar-refractivity contribution in [3.63, 3.8) is 0 Å². The molecule has 2 aromatic heterocycles. The van der Waals surface area contributed by atoms with Gasteiger partial charge in [-0.15, -0.1) is 21.5 Å². The molecule has 0 bridgehead atoms. The van der Waals surface area contributed by atoms with Gasteiger partial charge in [0.05, 0.1) is 0 Å². The molecular weight excluding hydrogens is 272 g/mol. The Kier molecular flexibility index (Phi) is 4.34. The Labute approximate surface area is 122 Å². The zero-order chi connectivity index (χ0) is 14.6. The third-order valence-electron chi connectivity index (χ3n) is 3.02. The summed E-state index contributed by atoms with van der Waals surface area (Å²) in [6.07, 6.45) is 0. The second kappa shape index (κ2) is 6.00. The van der Waals surface area contributed by atoms with Gasteiger partial charge in [-0.1, -0.05) is 19.9 Å². The van der Waals surface area contributed by atoms with Crippen molar-refractivity contribution in [3.05, 3.63) is 40.2 Å². The predicted octanol–water partition coefficient (Wildman–Crippen LogP) is 2.29. The van der Waals surface area contributed by atoms with Gasteiger partial charge in [0.15, 0.2) is 5.69 Å².